The number of rotatable bonds is 15. The molecule has 0 aliphatic heterocycles. The predicted octanol–water partition coefficient (Wildman–Crippen LogP) is 4.65. The zero-order valence-electron chi connectivity index (χ0n) is 23.7. The molecule has 1 fully saturated rings. The molecule has 0 radical (unpaired) electrons. The number of allylic oxidation sites excluding steroid dienone is 2. The number of benzene rings is 2. The van der Waals surface area contributed by atoms with Crippen molar-refractivity contribution >= 4 is 11.9 Å². The minimum Gasteiger partial charge on any atom is -0.425 e. The topological polar surface area (TPSA) is 116 Å². The Bertz CT molecular complexity index is 1070. The Morgan fingerprint density at radius 1 is 1.00 bits per heavy atom. The summed E-state index contributed by atoms with van der Waals surface area (Å²) in [4.78, 5) is 24.5. The Morgan fingerprint density at radius 2 is 1.70 bits per heavy atom. The average Bonchev–Trinajstić information content (AvgIpc) is 3.21. The monoisotopic (exact) mass is 551 g/mol. The van der Waals surface area contributed by atoms with Crippen LogP contribution >= 0.6 is 0 Å². The summed E-state index contributed by atoms with van der Waals surface area (Å²) in [6.07, 6.45) is 7.90. The van der Waals surface area contributed by atoms with Crippen molar-refractivity contribution in [1.82, 2.24) is 5.32 Å². The van der Waals surface area contributed by atoms with Gasteiger partial charge < -0.3 is 25.4 Å². The average molecular weight is 552 g/mol. The largest absolute Gasteiger partial charge is 0.425 e. The number of aliphatic hydroxyl groups is 3. The molecular formula is C33H45NO6. The van der Waals surface area contributed by atoms with Crippen LogP contribution in [-0.2, 0) is 16.0 Å². The van der Waals surface area contributed by atoms with Crippen molar-refractivity contribution in [3.8, 4) is 5.75 Å². The number of aliphatic hydroxyl groups excluding tert-OH is 3. The first kappa shape index (κ1) is 31.5. The van der Waals surface area contributed by atoms with E-state index in [4.69, 9.17) is 4.74 Å². The van der Waals surface area contributed by atoms with Crippen LogP contribution in [0.3, 0.4) is 0 Å². The number of unbranched alkanes of at least 4 members (excludes halogenated alkanes) is 1. The van der Waals surface area contributed by atoms with Crippen LogP contribution in [0.5, 0.6) is 5.75 Å². The fraction of sp³-hybridized carbons (Fsp3) is 0.515. The van der Waals surface area contributed by atoms with Crippen molar-refractivity contribution in [2.24, 2.45) is 11.8 Å². The number of esters is 1. The molecule has 6 atom stereocenters. The van der Waals surface area contributed by atoms with Gasteiger partial charge in [0.05, 0.1) is 18.3 Å². The molecule has 4 N–H and O–H groups in total. The van der Waals surface area contributed by atoms with Crippen molar-refractivity contribution in [2.45, 2.75) is 96.0 Å². The Labute approximate surface area is 238 Å². The Balaban J connectivity index is 1.32. The van der Waals surface area contributed by atoms with Crippen LogP contribution in [0, 0.1) is 18.8 Å². The van der Waals surface area contributed by atoms with Gasteiger partial charge in [-0.15, -0.1) is 0 Å². The first-order chi connectivity index (χ1) is 19.2. The smallest absolute Gasteiger partial charge is 0.333 e. The number of amides is 1. The zero-order chi connectivity index (χ0) is 28.9. The normalized spacial score (nSPS) is 22.2. The van der Waals surface area contributed by atoms with E-state index >= 15 is 0 Å². The Morgan fingerprint density at radius 3 is 2.42 bits per heavy atom. The highest BCUT2D eigenvalue weighted by Crippen LogP contribution is 2.38. The van der Waals surface area contributed by atoms with Gasteiger partial charge in [0, 0.05) is 6.42 Å². The summed E-state index contributed by atoms with van der Waals surface area (Å²) in [5, 5.41) is 34.2. The molecule has 0 heterocycles. The second-order valence-corrected chi connectivity index (χ2v) is 11.1. The molecule has 2 aromatic rings. The highest BCUT2D eigenvalue weighted by Gasteiger charge is 2.40. The van der Waals surface area contributed by atoms with Gasteiger partial charge in [0.2, 0.25) is 5.91 Å². The van der Waals surface area contributed by atoms with E-state index in [1.54, 1.807) is 19.1 Å². The van der Waals surface area contributed by atoms with Crippen LogP contribution in [0.4, 0.5) is 0 Å². The number of carbonyl (C=O) groups is 2. The molecule has 1 saturated carbocycles. The molecule has 0 saturated heterocycles. The van der Waals surface area contributed by atoms with E-state index in [0.717, 1.165) is 12.0 Å². The second kappa shape index (κ2) is 16.3. The molecule has 1 aliphatic rings. The fourth-order valence-corrected chi connectivity index (χ4v) is 5.35. The number of nitrogens with one attached hydrogen (secondary N) is 1. The second-order valence-electron chi connectivity index (χ2n) is 11.1. The number of carbonyl (C=O) groups excluding carboxylic acids is 2. The maximum atomic E-state index is 12.2. The van der Waals surface area contributed by atoms with E-state index in [-0.39, 0.29) is 17.7 Å². The van der Waals surface area contributed by atoms with Crippen LogP contribution in [0.15, 0.2) is 66.7 Å². The van der Waals surface area contributed by atoms with Crippen LogP contribution < -0.4 is 10.1 Å². The van der Waals surface area contributed by atoms with Crippen LogP contribution in [0.1, 0.15) is 69.4 Å². The molecule has 1 aliphatic carbocycles. The molecule has 40 heavy (non-hydrogen) atoms. The number of hydrogen-bond donors (Lipinski definition) is 4. The van der Waals surface area contributed by atoms with Crippen molar-refractivity contribution in [3.63, 3.8) is 0 Å². The summed E-state index contributed by atoms with van der Waals surface area (Å²) in [5.74, 6) is -0.355. The molecule has 3 rings (SSSR count). The van der Waals surface area contributed by atoms with Gasteiger partial charge in [-0.25, -0.2) is 4.79 Å². The lowest BCUT2D eigenvalue weighted by molar-refractivity contribution is -0.138. The van der Waals surface area contributed by atoms with Crippen molar-refractivity contribution in [2.75, 3.05) is 0 Å². The number of hydrogen-bond acceptors (Lipinski definition) is 6. The quantitative estimate of drug-likeness (QED) is 0.111. The summed E-state index contributed by atoms with van der Waals surface area (Å²) in [5.41, 5.74) is 2.27. The van der Waals surface area contributed by atoms with Crippen LogP contribution in [-0.4, -0.2) is 51.5 Å². The lowest BCUT2D eigenvalue weighted by Crippen LogP contribution is -2.40. The highest BCUT2D eigenvalue weighted by atomic mass is 16.5. The number of ether oxygens (including phenoxy) is 1. The minimum absolute atomic E-state index is 0.0436. The van der Waals surface area contributed by atoms with E-state index < -0.39 is 30.3 Å². The first-order valence-corrected chi connectivity index (χ1v) is 14.5. The lowest BCUT2D eigenvalue weighted by Gasteiger charge is -2.23. The molecule has 7 heteroatoms. The summed E-state index contributed by atoms with van der Waals surface area (Å²) in [7, 11) is 0. The minimum atomic E-state index is -0.742. The molecule has 0 spiro atoms. The molecule has 0 bridgehead atoms. The Kier molecular flexibility index (Phi) is 12.9. The third-order valence-corrected chi connectivity index (χ3v) is 7.78. The summed E-state index contributed by atoms with van der Waals surface area (Å²) >= 11 is 0. The van der Waals surface area contributed by atoms with E-state index in [0.29, 0.717) is 57.1 Å². The Hall–Kier alpha value is -3.00. The van der Waals surface area contributed by atoms with Gasteiger partial charge in [-0.1, -0.05) is 60.2 Å². The standard InChI is InChI=1S/C33H45NO6/c1-23-14-19-27(20-15-23)40-33(39)24(2)34-32(38)13-9-4-3-8-12-28-29(31(37)22-30(28)36)21-18-26(35)17-16-25-10-6-5-7-11-25/h3,5-8,10-11,14-15,19-20,24,26,28-31,35-37H,4,9,12-13,16-18,21-22H2,1-2H3,(H,34,38)/b8-3-/t24?,26-,28+,29+,30-,31+/m0/s1. The molecular weight excluding hydrogens is 506 g/mol. The first-order valence-electron chi connectivity index (χ1n) is 14.5. The van der Waals surface area contributed by atoms with Gasteiger partial charge in [0.15, 0.2) is 0 Å². The van der Waals surface area contributed by atoms with E-state index in [1.165, 1.54) is 5.56 Å². The fourth-order valence-electron chi connectivity index (χ4n) is 5.35. The number of aryl methyl sites for hydroxylation is 2. The van der Waals surface area contributed by atoms with E-state index in [1.807, 2.05) is 49.4 Å². The molecule has 0 aromatic heterocycles. The predicted molar refractivity (Wildman–Crippen MR) is 156 cm³/mol. The molecule has 7 nitrogen and oxygen atoms in total. The van der Waals surface area contributed by atoms with Crippen molar-refractivity contribution in [1.29, 1.82) is 0 Å². The zero-order valence-corrected chi connectivity index (χ0v) is 23.7. The van der Waals surface area contributed by atoms with Gasteiger partial charge in [-0.3, -0.25) is 4.79 Å². The highest BCUT2D eigenvalue weighted by molar-refractivity contribution is 5.85. The van der Waals surface area contributed by atoms with E-state index in [2.05, 4.69) is 17.4 Å². The van der Waals surface area contributed by atoms with Crippen LogP contribution in [0.25, 0.3) is 0 Å². The molecule has 2 aromatic carbocycles. The summed E-state index contributed by atoms with van der Waals surface area (Å²) in [6.45, 7) is 3.55. The third kappa shape index (κ3) is 10.5. The van der Waals surface area contributed by atoms with E-state index in [9.17, 15) is 24.9 Å². The SMILES string of the molecule is Cc1ccc(OC(=O)C(C)NC(=O)CCC/C=C\C[C@@H]2[C@@H](CC[C@@H](O)CCc3ccccc3)[C@H](O)C[C@@H]2O)cc1. The van der Waals surface area contributed by atoms with Gasteiger partial charge in [-0.05, 0) is 94.7 Å². The van der Waals surface area contributed by atoms with Gasteiger partial charge in [0.25, 0.3) is 0 Å². The maximum Gasteiger partial charge on any atom is 0.333 e. The summed E-state index contributed by atoms with van der Waals surface area (Å²) in [6, 6.07) is 16.5. The lowest BCUT2D eigenvalue weighted by atomic mass is 9.85. The van der Waals surface area contributed by atoms with Crippen molar-refractivity contribution in [3.05, 3.63) is 77.9 Å². The molecule has 218 valence electrons. The molecule has 1 unspecified atom stereocenters. The van der Waals surface area contributed by atoms with Gasteiger partial charge in [-0.2, -0.15) is 0 Å². The molecule has 1 amide bonds. The van der Waals surface area contributed by atoms with Crippen LogP contribution in [0.2, 0.25) is 0 Å². The maximum absolute atomic E-state index is 12.2. The summed E-state index contributed by atoms with van der Waals surface area (Å²) < 4.78 is 5.31. The van der Waals surface area contributed by atoms with Crippen molar-refractivity contribution < 1.29 is 29.6 Å². The third-order valence-electron chi connectivity index (χ3n) is 7.78. The van der Waals surface area contributed by atoms with Gasteiger partial charge in [0.1, 0.15) is 11.8 Å². The van der Waals surface area contributed by atoms with Gasteiger partial charge >= 0.3 is 5.97 Å².